The summed E-state index contributed by atoms with van der Waals surface area (Å²) in [4.78, 5) is 0. The third-order valence-electron chi connectivity index (χ3n) is 0. The van der Waals surface area contributed by atoms with Crippen LogP contribution in [0.25, 0.3) is 0 Å². The zero-order valence-electron chi connectivity index (χ0n) is 2.37. The minimum Gasteiger partial charge on any atom is 0 e. The van der Waals surface area contributed by atoms with Gasteiger partial charge in [0.15, 0.2) is 17.4 Å². The molecule has 0 aromatic rings. The molecule has 0 rings (SSSR count). The van der Waals surface area contributed by atoms with Crippen molar-refractivity contribution in [1.82, 2.24) is 0 Å². The first kappa shape index (κ1) is 49.7. The summed E-state index contributed by atoms with van der Waals surface area (Å²) in [6.45, 7) is 0. The normalized spacial score (nSPS) is 0. The summed E-state index contributed by atoms with van der Waals surface area (Å²) in [6, 6.07) is 0. The molecule has 6 heavy (non-hydrogen) atoms. The molecule has 6 heteroatoms. The Kier molecular flexibility index (Phi) is 294. The van der Waals surface area contributed by atoms with Crippen molar-refractivity contribution in [3.63, 3.8) is 0 Å². The summed E-state index contributed by atoms with van der Waals surface area (Å²) in [6.07, 6.45) is 0. The molecule has 0 unspecified atom stereocenters. The molecule has 0 aromatic carbocycles. The van der Waals surface area contributed by atoms with Crippen LogP contribution in [0.1, 0.15) is 0 Å². The zero-order valence-corrected chi connectivity index (χ0v) is 12.4. The molecular weight excluding hydrogens is 335 g/mol. The van der Waals surface area contributed by atoms with Gasteiger partial charge < -0.3 is 0 Å². The molecule has 0 fully saturated rings. The van der Waals surface area contributed by atoms with E-state index in [9.17, 15) is 0 Å². The summed E-state index contributed by atoms with van der Waals surface area (Å²) in [7, 11) is 0. The molecule has 4 radical (unpaired) electrons. The average molecular weight is 342 g/mol. The van der Waals surface area contributed by atoms with Crippen molar-refractivity contribution in [2.45, 2.75) is 0 Å². The Hall–Kier alpha value is 4.11. The fourth-order valence-electron chi connectivity index (χ4n) is 0. The molecule has 28 valence electrons. The van der Waals surface area contributed by atoms with Crippen molar-refractivity contribution in [2.24, 2.45) is 0 Å². The van der Waals surface area contributed by atoms with Crippen LogP contribution in [0.5, 0.6) is 0 Å². The van der Waals surface area contributed by atoms with Crippen molar-refractivity contribution in [3.8, 4) is 0 Å². The standard InChI is InChI=1S/Al.Mg.Mn.Sc.Sn.Zn.7H. The summed E-state index contributed by atoms with van der Waals surface area (Å²) < 4.78 is 0. The van der Waals surface area contributed by atoms with Gasteiger partial charge in [0.05, 0.1) is 0 Å². The van der Waals surface area contributed by atoms with E-state index >= 15 is 0 Å². The first-order chi connectivity index (χ1) is 0. The van der Waals surface area contributed by atoms with Crippen LogP contribution in [-0.4, -0.2) is 64.3 Å². The van der Waals surface area contributed by atoms with E-state index in [-0.39, 0.29) is 127 Å². The molecule has 0 atom stereocenters. The maximum atomic E-state index is 0. The second-order valence-corrected chi connectivity index (χ2v) is 0. The van der Waals surface area contributed by atoms with Crippen LogP contribution in [0, 0.1) is 0 Å². The maximum Gasteiger partial charge on any atom is 0 e. The number of rotatable bonds is 0. The molecule has 0 aliphatic rings. The Morgan fingerprint density at radius 2 is 1.00 bits per heavy atom. The van der Waals surface area contributed by atoms with E-state index in [1.165, 1.54) is 0 Å². The van der Waals surface area contributed by atoms with Crippen LogP contribution in [0.15, 0.2) is 0 Å². The van der Waals surface area contributed by atoms with Gasteiger partial charge in [0.1, 0.15) is 0 Å². The van der Waals surface area contributed by atoms with E-state index in [2.05, 4.69) is 0 Å². The molecule has 0 nitrogen and oxygen atoms in total. The van der Waals surface area contributed by atoms with Gasteiger partial charge in [0.2, 0.25) is 0 Å². The smallest absolute Gasteiger partial charge is 0 e. The van der Waals surface area contributed by atoms with Crippen LogP contribution in [-0.2, 0) is 62.4 Å². The summed E-state index contributed by atoms with van der Waals surface area (Å²) >= 11 is 0. The van der Waals surface area contributed by atoms with Gasteiger partial charge in [0, 0.05) is 62.4 Å². The van der Waals surface area contributed by atoms with Crippen LogP contribution in [0.4, 0.5) is 0 Å². The largest absolute Gasteiger partial charge is 0 e. The van der Waals surface area contributed by atoms with Gasteiger partial charge in [0.25, 0.3) is 0 Å². The Labute approximate surface area is 124 Å². The maximum absolute atomic E-state index is 0. The predicted octanol–water partition coefficient (Wildman–Crippen LogP) is -3.02. The topological polar surface area (TPSA) is 0 Å². The molecule has 0 amide bonds. The molecule has 0 aliphatic carbocycles. The van der Waals surface area contributed by atoms with Crippen LogP contribution in [0.2, 0.25) is 0 Å². The number of hydrogen-bond acceptors (Lipinski definition) is 0. The van der Waals surface area contributed by atoms with Crippen molar-refractivity contribution in [3.05, 3.63) is 0 Å². The van der Waals surface area contributed by atoms with Gasteiger partial charge in [-0.3, -0.25) is 0 Å². The predicted molar refractivity (Wildman–Crippen MR) is 27.0 cm³/mol. The van der Waals surface area contributed by atoms with E-state index in [0.717, 1.165) is 0 Å². The minimum atomic E-state index is 0. The third kappa shape index (κ3) is 24.3. The van der Waals surface area contributed by atoms with Gasteiger partial charge in [-0.05, 0) is 0 Å². The van der Waals surface area contributed by atoms with E-state index in [4.69, 9.17) is 0 Å². The second-order valence-electron chi connectivity index (χ2n) is 0. The van der Waals surface area contributed by atoms with Gasteiger partial charge in [-0.25, -0.2) is 0 Å². The van der Waals surface area contributed by atoms with Crippen molar-refractivity contribution >= 4 is 64.3 Å². The Morgan fingerprint density at radius 1 is 1.00 bits per heavy atom. The summed E-state index contributed by atoms with van der Waals surface area (Å²) in [5.74, 6) is 0. The van der Waals surface area contributed by atoms with Gasteiger partial charge in [-0.15, -0.1) is 0 Å². The first-order valence-corrected chi connectivity index (χ1v) is 0. The SMILES string of the molecule is [AlH3].[MgH2].[Mn].[Sc].[SnH2].[Zn]. The fraction of sp³-hybridized carbons (Fsp3) is 0. The first-order valence-electron chi connectivity index (χ1n) is 0. The number of hydrogen-bond donors (Lipinski definition) is 0. The molecule has 0 aliphatic heterocycles. The van der Waals surface area contributed by atoms with Crippen molar-refractivity contribution < 1.29 is 62.4 Å². The monoisotopic (exact) mass is 342 g/mol. The van der Waals surface area contributed by atoms with E-state index in [1.807, 2.05) is 0 Å². The second kappa shape index (κ2) is 35.5. The zero-order chi connectivity index (χ0) is 0. The third-order valence-corrected chi connectivity index (χ3v) is 0. The van der Waals surface area contributed by atoms with Crippen molar-refractivity contribution in [1.29, 1.82) is 0 Å². The van der Waals surface area contributed by atoms with Gasteiger partial charge in [-0.2, -0.15) is 0 Å². The molecule has 0 bridgehead atoms. The quantitative estimate of drug-likeness (QED) is 0.411. The van der Waals surface area contributed by atoms with Crippen molar-refractivity contribution in [2.75, 3.05) is 0 Å². The molecule has 0 saturated carbocycles. The van der Waals surface area contributed by atoms with Crippen LogP contribution in [0.3, 0.4) is 0 Å². The fourth-order valence-corrected chi connectivity index (χ4v) is 0. The Balaban J connectivity index is 0. The molecule has 0 N–H and O–H groups in total. The molecule has 0 aromatic heterocycles. The van der Waals surface area contributed by atoms with Crippen LogP contribution < -0.4 is 0 Å². The minimum absolute atomic E-state index is 0. The molecular formula is H7AlMgMnScSnZn. The van der Waals surface area contributed by atoms with Gasteiger partial charge >= 0.3 is 47.0 Å². The molecule has 0 saturated heterocycles. The Morgan fingerprint density at radius 3 is 1.00 bits per heavy atom. The van der Waals surface area contributed by atoms with E-state index in [0.29, 0.717) is 0 Å². The molecule has 0 heterocycles. The summed E-state index contributed by atoms with van der Waals surface area (Å²) in [5.41, 5.74) is 0. The molecule has 0 spiro atoms. The Bertz CT molecular complexity index is 15.5. The van der Waals surface area contributed by atoms with E-state index < -0.39 is 0 Å². The van der Waals surface area contributed by atoms with Gasteiger partial charge in [-0.1, -0.05) is 0 Å². The average Bonchev–Trinajstić information content (AvgIpc) is 0. The van der Waals surface area contributed by atoms with Crippen LogP contribution >= 0.6 is 0 Å². The summed E-state index contributed by atoms with van der Waals surface area (Å²) in [5, 5.41) is 0. The van der Waals surface area contributed by atoms with E-state index in [1.54, 1.807) is 0 Å².